The van der Waals surface area contributed by atoms with Crippen LogP contribution in [0.1, 0.15) is 33.1 Å². The second-order valence-electron chi connectivity index (χ2n) is 4.61. The number of nitrogens with one attached hydrogen (secondary N) is 1. The van der Waals surface area contributed by atoms with Gasteiger partial charge in [0.1, 0.15) is 0 Å². The molecule has 3 nitrogen and oxygen atoms in total. The molecule has 2 fully saturated rings. The minimum Gasteiger partial charge on any atom is -0.380 e. The zero-order valence-corrected chi connectivity index (χ0v) is 9.32. The Labute approximate surface area is 86.2 Å². The van der Waals surface area contributed by atoms with Crippen molar-refractivity contribution in [3.63, 3.8) is 0 Å². The molecule has 2 aliphatic rings. The Morgan fingerprint density at radius 1 is 1.36 bits per heavy atom. The SMILES string of the molecule is COC(C)C(C)NC1CC2CCC1O2. The first-order valence-corrected chi connectivity index (χ1v) is 5.65. The van der Waals surface area contributed by atoms with Crippen LogP contribution in [-0.4, -0.2) is 37.5 Å². The van der Waals surface area contributed by atoms with Gasteiger partial charge in [-0.05, 0) is 33.1 Å². The average molecular weight is 199 g/mol. The summed E-state index contributed by atoms with van der Waals surface area (Å²) in [6, 6.07) is 0.967. The normalized spacial score (nSPS) is 40.1. The molecule has 0 aromatic rings. The number of methoxy groups -OCH3 is 1. The van der Waals surface area contributed by atoms with E-state index < -0.39 is 0 Å². The van der Waals surface area contributed by atoms with Gasteiger partial charge in [0.25, 0.3) is 0 Å². The van der Waals surface area contributed by atoms with Gasteiger partial charge in [0.2, 0.25) is 0 Å². The van der Waals surface area contributed by atoms with Crippen LogP contribution < -0.4 is 5.32 Å². The highest BCUT2D eigenvalue weighted by atomic mass is 16.5. The van der Waals surface area contributed by atoms with Crippen molar-refractivity contribution < 1.29 is 9.47 Å². The Bertz CT molecular complexity index is 198. The topological polar surface area (TPSA) is 30.5 Å². The first-order valence-electron chi connectivity index (χ1n) is 5.65. The van der Waals surface area contributed by atoms with Gasteiger partial charge in [0.15, 0.2) is 0 Å². The van der Waals surface area contributed by atoms with Gasteiger partial charge in [-0.2, -0.15) is 0 Å². The molecular weight excluding hydrogens is 178 g/mol. The Kier molecular flexibility index (Phi) is 3.10. The van der Waals surface area contributed by atoms with Gasteiger partial charge in [-0.15, -0.1) is 0 Å². The van der Waals surface area contributed by atoms with E-state index in [2.05, 4.69) is 19.2 Å². The highest BCUT2D eigenvalue weighted by Gasteiger charge is 2.41. The molecule has 82 valence electrons. The van der Waals surface area contributed by atoms with Gasteiger partial charge in [-0.1, -0.05) is 0 Å². The van der Waals surface area contributed by atoms with Crippen LogP contribution in [0.4, 0.5) is 0 Å². The van der Waals surface area contributed by atoms with Crippen LogP contribution in [0.15, 0.2) is 0 Å². The zero-order chi connectivity index (χ0) is 10.1. The molecule has 2 rings (SSSR count). The second kappa shape index (κ2) is 4.17. The smallest absolute Gasteiger partial charge is 0.0733 e. The van der Waals surface area contributed by atoms with E-state index in [1.807, 2.05) is 0 Å². The van der Waals surface area contributed by atoms with Crippen molar-refractivity contribution in [1.29, 1.82) is 0 Å². The second-order valence-corrected chi connectivity index (χ2v) is 4.61. The fourth-order valence-electron chi connectivity index (χ4n) is 2.49. The largest absolute Gasteiger partial charge is 0.380 e. The van der Waals surface area contributed by atoms with Gasteiger partial charge in [0.05, 0.1) is 18.3 Å². The highest BCUT2D eigenvalue weighted by Crippen LogP contribution is 2.34. The molecule has 0 aromatic carbocycles. The average Bonchev–Trinajstić information content (AvgIpc) is 2.77. The maximum absolute atomic E-state index is 5.80. The van der Waals surface area contributed by atoms with E-state index >= 15 is 0 Å². The lowest BCUT2D eigenvalue weighted by Crippen LogP contribution is -2.47. The predicted molar refractivity (Wildman–Crippen MR) is 55.4 cm³/mol. The minimum atomic E-state index is 0.272. The fraction of sp³-hybridized carbons (Fsp3) is 1.00. The van der Waals surface area contributed by atoms with E-state index in [0.717, 1.165) is 0 Å². The van der Waals surface area contributed by atoms with Crippen molar-refractivity contribution in [2.24, 2.45) is 0 Å². The lowest BCUT2D eigenvalue weighted by Gasteiger charge is -2.27. The third-order valence-corrected chi connectivity index (χ3v) is 3.66. The molecule has 0 aliphatic carbocycles. The Morgan fingerprint density at radius 3 is 2.64 bits per heavy atom. The molecule has 0 aromatic heterocycles. The van der Waals surface area contributed by atoms with E-state index in [4.69, 9.17) is 9.47 Å². The molecule has 5 atom stereocenters. The van der Waals surface area contributed by atoms with Gasteiger partial charge < -0.3 is 14.8 Å². The van der Waals surface area contributed by atoms with Crippen molar-refractivity contribution in [2.45, 2.75) is 63.5 Å². The van der Waals surface area contributed by atoms with Gasteiger partial charge in [-0.25, -0.2) is 0 Å². The van der Waals surface area contributed by atoms with Crippen molar-refractivity contribution >= 4 is 0 Å². The summed E-state index contributed by atoms with van der Waals surface area (Å²) >= 11 is 0. The summed E-state index contributed by atoms with van der Waals surface area (Å²) in [5, 5.41) is 3.61. The Morgan fingerprint density at radius 2 is 2.14 bits per heavy atom. The molecule has 0 saturated carbocycles. The van der Waals surface area contributed by atoms with Crippen molar-refractivity contribution in [3.05, 3.63) is 0 Å². The van der Waals surface area contributed by atoms with Gasteiger partial charge in [-0.3, -0.25) is 0 Å². The summed E-state index contributed by atoms with van der Waals surface area (Å²) in [4.78, 5) is 0. The first kappa shape index (κ1) is 10.4. The number of hydrogen-bond donors (Lipinski definition) is 1. The van der Waals surface area contributed by atoms with Crippen molar-refractivity contribution in [3.8, 4) is 0 Å². The molecule has 3 heteroatoms. The fourth-order valence-corrected chi connectivity index (χ4v) is 2.49. The number of fused-ring (bicyclic) bond motifs is 2. The maximum atomic E-state index is 5.80. The third kappa shape index (κ3) is 1.95. The summed E-state index contributed by atoms with van der Waals surface area (Å²) in [5.74, 6) is 0. The molecule has 1 N–H and O–H groups in total. The Hall–Kier alpha value is -0.120. The molecule has 2 saturated heterocycles. The quantitative estimate of drug-likeness (QED) is 0.740. The predicted octanol–water partition coefficient (Wildman–Crippen LogP) is 1.32. The van der Waals surface area contributed by atoms with E-state index in [1.54, 1.807) is 7.11 Å². The molecule has 5 unspecified atom stereocenters. The Balaban J connectivity index is 1.80. The highest BCUT2D eigenvalue weighted by molar-refractivity contribution is 4.95. The molecular formula is C11H21NO2. The third-order valence-electron chi connectivity index (χ3n) is 3.66. The number of hydrogen-bond acceptors (Lipinski definition) is 3. The monoisotopic (exact) mass is 199 g/mol. The van der Waals surface area contributed by atoms with E-state index in [-0.39, 0.29) is 6.10 Å². The molecule has 2 aliphatic heterocycles. The molecule has 0 spiro atoms. The summed E-state index contributed by atoms with van der Waals surface area (Å²) in [7, 11) is 1.76. The number of ether oxygens (including phenoxy) is 2. The lowest BCUT2D eigenvalue weighted by molar-refractivity contribution is 0.0708. The first-order chi connectivity index (χ1) is 6.70. The lowest BCUT2D eigenvalue weighted by atomic mass is 9.94. The van der Waals surface area contributed by atoms with Crippen LogP contribution in [0.2, 0.25) is 0 Å². The van der Waals surface area contributed by atoms with Crippen LogP contribution >= 0.6 is 0 Å². The van der Waals surface area contributed by atoms with Gasteiger partial charge in [0, 0.05) is 19.2 Å². The summed E-state index contributed by atoms with van der Waals surface area (Å²) < 4.78 is 11.1. The molecule has 0 radical (unpaired) electrons. The zero-order valence-electron chi connectivity index (χ0n) is 9.32. The van der Waals surface area contributed by atoms with Crippen molar-refractivity contribution in [1.82, 2.24) is 5.32 Å². The van der Waals surface area contributed by atoms with E-state index in [9.17, 15) is 0 Å². The number of rotatable bonds is 4. The summed E-state index contributed by atoms with van der Waals surface area (Å²) in [6.45, 7) is 4.28. The van der Waals surface area contributed by atoms with Crippen molar-refractivity contribution in [2.75, 3.05) is 7.11 Å². The minimum absolute atomic E-state index is 0.272. The molecule has 0 amide bonds. The maximum Gasteiger partial charge on any atom is 0.0733 e. The molecule has 2 heterocycles. The summed E-state index contributed by atoms with van der Waals surface area (Å²) in [5.41, 5.74) is 0. The van der Waals surface area contributed by atoms with Crippen LogP contribution in [0.3, 0.4) is 0 Å². The standard InChI is InChI=1S/C11H21NO2/c1-7(8(2)13-3)12-10-6-9-4-5-11(10)14-9/h7-12H,4-6H2,1-3H3. The summed E-state index contributed by atoms with van der Waals surface area (Å²) in [6.07, 6.45) is 4.95. The van der Waals surface area contributed by atoms with Crippen LogP contribution in [0.25, 0.3) is 0 Å². The van der Waals surface area contributed by atoms with Gasteiger partial charge >= 0.3 is 0 Å². The van der Waals surface area contributed by atoms with Crippen LogP contribution in [0.5, 0.6) is 0 Å². The molecule has 14 heavy (non-hydrogen) atoms. The van der Waals surface area contributed by atoms with Crippen LogP contribution in [-0.2, 0) is 9.47 Å². The van der Waals surface area contributed by atoms with Crippen LogP contribution in [0, 0.1) is 0 Å². The van der Waals surface area contributed by atoms with E-state index in [0.29, 0.717) is 24.3 Å². The van der Waals surface area contributed by atoms with E-state index in [1.165, 1.54) is 19.3 Å². The molecule has 2 bridgehead atoms.